The smallest absolute Gasteiger partial charge is 0.341 e. The average molecular weight is 423 g/mol. The van der Waals surface area contributed by atoms with Gasteiger partial charge in [-0.05, 0) is 29.8 Å². The monoisotopic (exact) mass is 422 g/mol. The summed E-state index contributed by atoms with van der Waals surface area (Å²) in [6.07, 6.45) is 2.96. The molecule has 2 aromatic carbocycles. The number of piperidine rings is 1. The number of ether oxygens (including phenoxy) is 1. The van der Waals surface area contributed by atoms with E-state index < -0.39 is 17.3 Å². The minimum atomic E-state index is -1.15. The molecule has 1 aliphatic carbocycles. The normalized spacial score (nSPS) is 23.7. The van der Waals surface area contributed by atoms with Crippen LogP contribution in [0.1, 0.15) is 17.3 Å². The number of benzene rings is 2. The summed E-state index contributed by atoms with van der Waals surface area (Å²) in [7, 11) is 0. The lowest BCUT2D eigenvalue weighted by atomic mass is 10.1. The van der Waals surface area contributed by atoms with Crippen LogP contribution >= 0.6 is 0 Å². The van der Waals surface area contributed by atoms with E-state index in [0.29, 0.717) is 30.0 Å². The highest BCUT2D eigenvalue weighted by Crippen LogP contribution is 2.48. The first-order valence-corrected chi connectivity index (χ1v) is 11.2. The first-order valence-electron chi connectivity index (χ1n) is 10.1. The number of hydrogen-bond acceptors (Lipinski definition) is 7. The van der Waals surface area contributed by atoms with Crippen molar-refractivity contribution in [1.29, 1.82) is 0 Å². The molecule has 30 heavy (non-hydrogen) atoms. The lowest BCUT2D eigenvalue weighted by molar-refractivity contribution is 0.0525. The number of nitrogens with zero attached hydrogens (tertiary/aromatic N) is 3. The van der Waals surface area contributed by atoms with Gasteiger partial charge in [0.2, 0.25) is 5.95 Å². The highest BCUT2D eigenvalue weighted by atomic mass is 32.2. The van der Waals surface area contributed by atoms with Gasteiger partial charge in [0, 0.05) is 36.3 Å². The van der Waals surface area contributed by atoms with Crippen molar-refractivity contribution in [2.24, 2.45) is 11.8 Å². The summed E-state index contributed by atoms with van der Waals surface area (Å²) < 4.78 is 20.0. The number of carbonyl (C=O) groups is 1. The summed E-state index contributed by atoms with van der Waals surface area (Å²) in [5.74, 6) is 0.953. The largest absolute Gasteiger partial charge is 0.593 e. The predicted molar refractivity (Wildman–Crippen MR) is 114 cm³/mol. The van der Waals surface area contributed by atoms with Crippen molar-refractivity contribution in [3.05, 3.63) is 60.4 Å². The Morgan fingerprint density at radius 3 is 2.57 bits per heavy atom. The lowest BCUT2D eigenvalue weighted by Crippen LogP contribution is -2.33. The minimum absolute atomic E-state index is 0.281. The number of nitrogens with one attached hydrogen (secondary N) is 1. The van der Waals surface area contributed by atoms with E-state index in [0.717, 1.165) is 28.8 Å². The molecule has 0 spiro atoms. The molecule has 154 valence electrons. The Hall–Kier alpha value is -2.68. The Labute approximate surface area is 177 Å². The number of fused-ring (bicyclic) bond motifs is 2. The van der Waals surface area contributed by atoms with Crippen molar-refractivity contribution in [3.8, 4) is 0 Å². The van der Waals surface area contributed by atoms with Crippen molar-refractivity contribution >= 4 is 34.1 Å². The molecule has 1 saturated heterocycles. The molecule has 7 nitrogen and oxygen atoms in total. The predicted octanol–water partition coefficient (Wildman–Crippen LogP) is 2.87. The van der Waals surface area contributed by atoms with Gasteiger partial charge >= 0.3 is 5.97 Å². The third-order valence-corrected chi connectivity index (χ3v) is 7.20. The van der Waals surface area contributed by atoms with Gasteiger partial charge in [-0.15, -0.1) is 4.31 Å². The number of anilines is 1. The molecular weight excluding hydrogens is 400 g/mol. The zero-order valence-electron chi connectivity index (χ0n) is 16.5. The van der Waals surface area contributed by atoms with E-state index in [9.17, 15) is 9.35 Å². The average Bonchev–Trinajstić information content (AvgIpc) is 3.20. The number of rotatable bonds is 6. The van der Waals surface area contributed by atoms with Crippen LogP contribution in [0.5, 0.6) is 0 Å². The maximum atomic E-state index is 13.0. The molecule has 3 atom stereocenters. The molecule has 1 saturated carbocycles. The van der Waals surface area contributed by atoms with Crippen molar-refractivity contribution in [3.63, 3.8) is 0 Å². The second-order valence-electron chi connectivity index (χ2n) is 7.62. The molecule has 5 rings (SSSR count). The Morgan fingerprint density at radius 2 is 1.87 bits per heavy atom. The Bertz CT molecular complexity index is 1070. The highest BCUT2D eigenvalue weighted by molar-refractivity contribution is 7.89. The van der Waals surface area contributed by atoms with Crippen molar-refractivity contribution in [2.75, 3.05) is 25.0 Å². The van der Waals surface area contributed by atoms with Crippen molar-refractivity contribution < 1.29 is 14.1 Å². The van der Waals surface area contributed by atoms with E-state index in [-0.39, 0.29) is 6.04 Å². The van der Waals surface area contributed by atoms with E-state index in [1.165, 1.54) is 12.4 Å². The molecule has 1 aromatic heterocycles. The van der Waals surface area contributed by atoms with Gasteiger partial charge in [-0.1, -0.05) is 24.3 Å². The van der Waals surface area contributed by atoms with Gasteiger partial charge in [0.25, 0.3) is 0 Å². The van der Waals surface area contributed by atoms with Crippen LogP contribution in [0.4, 0.5) is 5.95 Å². The Balaban J connectivity index is 1.18. The first kappa shape index (κ1) is 19.3. The lowest BCUT2D eigenvalue weighted by Gasteiger charge is -2.22. The van der Waals surface area contributed by atoms with E-state index in [4.69, 9.17) is 4.74 Å². The fourth-order valence-electron chi connectivity index (χ4n) is 4.13. The summed E-state index contributed by atoms with van der Waals surface area (Å²) >= 11 is -1.15. The molecule has 0 amide bonds. The fourth-order valence-corrected chi connectivity index (χ4v) is 5.46. The van der Waals surface area contributed by atoms with E-state index in [2.05, 4.69) is 21.4 Å². The molecule has 1 N–H and O–H groups in total. The summed E-state index contributed by atoms with van der Waals surface area (Å²) in [6.45, 7) is 3.64. The molecule has 8 heteroatoms. The van der Waals surface area contributed by atoms with Gasteiger partial charge in [0.15, 0.2) is 4.90 Å². The van der Waals surface area contributed by atoms with Crippen LogP contribution in [0.2, 0.25) is 0 Å². The highest BCUT2D eigenvalue weighted by Gasteiger charge is 2.59. The van der Waals surface area contributed by atoms with Crippen molar-refractivity contribution in [1.82, 2.24) is 14.3 Å². The molecule has 0 bridgehead atoms. The maximum Gasteiger partial charge on any atom is 0.341 e. The van der Waals surface area contributed by atoms with Crippen LogP contribution in [0.15, 0.2) is 59.8 Å². The molecular formula is C22H22N4O3S. The van der Waals surface area contributed by atoms with Crippen LogP contribution in [0, 0.1) is 11.8 Å². The van der Waals surface area contributed by atoms with Gasteiger partial charge in [-0.25, -0.2) is 14.8 Å². The zero-order valence-corrected chi connectivity index (χ0v) is 17.3. The fraction of sp³-hybridized carbons (Fsp3) is 0.318. The molecule has 3 aromatic rings. The second-order valence-corrected chi connectivity index (χ2v) is 9.10. The zero-order chi connectivity index (χ0) is 20.7. The van der Waals surface area contributed by atoms with E-state index in [1.54, 1.807) is 6.92 Å². The molecule has 0 radical (unpaired) electrons. The van der Waals surface area contributed by atoms with Crippen molar-refractivity contribution in [2.45, 2.75) is 17.9 Å². The van der Waals surface area contributed by atoms with Gasteiger partial charge in [0.1, 0.15) is 0 Å². The number of esters is 1. The molecule has 2 heterocycles. The number of carbonyl (C=O) groups excluding carboxylic acids is 1. The van der Waals surface area contributed by atoms with Gasteiger partial charge in [-0.3, -0.25) is 0 Å². The van der Waals surface area contributed by atoms with Crippen LogP contribution < -0.4 is 5.32 Å². The molecule has 2 fully saturated rings. The molecule has 1 aliphatic heterocycles. The first-order chi connectivity index (χ1) is 14.6. The SMILES string of the molecule is CCOC(=O)c1cnc(NC2C3CN([S+]([O-])c4ccc5ccccc5c4)CC32)nc1. The summed E-state index contributed by atoms with van der Waals surface area (Å²) in [4.78, 5) is 21.0. The number of aromatic nitrogens is 2. The van der Waals surface area contributed by atoms with Crippen LogP contribution in [-0.2, 0) is 16.1 Å². The van der Waals surface area contributed by atoms with Crippen LogP contribution in [-0.4, -0.2) is 50.5 Å². The second kappa shape index (κ2) is 7.86. The third-order valence-electron chi connectivity index (χ3n) is 5.78. The summed E-state index contributed by atoms with van der Waals surface area (Å²) in [5.41, 5.74) is 0.343. The van der Waals surface area contributed by atoms with E-state index >= 15 is 0 Å². The van der Waals surface area contributed by atoms with Gasteiger partial charge < -0.3 is 14.6 Å². The molecule has 3 unspecified atom stereocenters. The van der Waals surface area contributed by atoms with E-state index in [1.807, 2.05) is 40.7 Å². The van der Waals surface area contributed by atoms with Gasteiger partial charge in [-0.2, -0.15) is 0 Å². The molecule has 2 aliphatic rings. The van der Waals surface area contributed by atoms with Crippen LogP contribution in [0.25, 0.3) is 10.8 Å². The quantitative estimate of drug-likeness (QED) is 0.482. The number of hydrogen-bond donors (Lipinski definition) is 1. The van der Waals surface area contributed by atoms with Crippen LogP contribution in [0.3, 0.4) is 0 Å². The third kappa shape index (κ3) is 3.62. The minimum Gasteiger partial charge on any atom is -0.593 e. The Kier molecular flexibility index (Phi) is 5.06. The summed E-state index contributed by atoms with van der Waals surface area (Å²) in [6, 6.07) is 14.4. The standard InChI is InChI=1S/C22H22N4O3S/c1-2-29-21(27)16-10-23-22(24-11-16)25-20-18-12-26(13-19(18)20)30(28)17-8-7-14-5-3-4-6-15(14)9-17/h3-11,18-20H,2,12-13H2,1H3,(H,23,24,25). The van der Waals surface area contributed by atoms with Gasteiger partial charge in [0.05, 0.1) is 36.6 Å². The Morgan fingerprint density at radius 1 is 1.17 bits per heavy atom. The maximum absolute atomic E-state index is 13.0. The summed E-state index contributed by atoms with van der Waals surface area (Å²) in [5, 5.41) is 5.60. The topological polar surface area (TPSA) is 90.4 Å².